The van der Waals surface area contributed by atoms with Crippen molar-refractivity contribution in [2.45, 2.75) is 25.7 Å². The number of carbonyl (C=O) groups excluding carboxylic acids is 1. The van der Waals surface area contributed by atoms with Gasteiger partial charge in [-0.3, -0.25) is 4.79 Å². The number of H-pyrrole nitrogens is 1. The lowest BCUT2D eigenvalue weighted by Crippen LogP contribution is -2.11. The lowest BCUT2D eigenvalue weighted by molar-refractivity contribution is 0.102. The van der Waals surface area contributed by atoms with Crippen LogP contribution >= 0.6 is 0 Å². The molecule has 0 spiro atoms. The van der Waals surface area contributed by atoms with Gasteiger partial charge in [-0.1, -0.05) is 0 Å². The van der Waals surface area contributed by atoms with Gasteiger partial charge < -0.3 is 10.3 Å². The molecule has 0 aliphatic heterocycles. The monoisotopic (exact) mass is 308 g/mol. The molecule has 4 heteroatoms. The topological polar surface area (TPSA) is 44.9 Å². The Morgan fingerprint density at radius 2 is 1.83 bits per heavy atom. The molecule has 0 bridgehead atoms. The highest BCUT2D eigenvalue weighted by Gasteiger charge is 2.16. The standard InChI is InChI=1S/C19H17FN2O/c20-13-7-5-12(6-8-13)19(23)21-14-9-10-18-16(11-14)15-3-1-2-4-17(15)22-18/h5-11,22H,1-4H2,(H,21,23). The number of aromatic nitrogens is 1. The number of hydrogen-bond donors (Lipinski definition) is 2. The van der Waals surface area contributed by atoms with E-state index in [0.29, 0.717) is 5.56 Å². The van der Waals surface area contributed by atoms with E-state index in [2.05, 4.69) is 10.3 Å². The summed E-state index contributed by atoms with van der Waals surface area (Å²) in [6.45, 7) is 0. The van der Waals surface area contributed by atoms with Crippen LogP contribution in [0.1, 0.15) is 34.5 Å². The van der Waals surface area contributed by atoms with Crippen molar-refractivity contribution in [2.75, 3.05) is 5.32 Å². The molecule has 1 heterocycles. The number of fused-ring (bicyclic) bond motifs is 3. The second kappa shape index (κ2) is 5.54. The molecule has 4 rings (SSSR count). The maximum Gasteiger partial charge on any atom is 0.255 e. The molecule has 0 atom stereocenters. The summed E-state index contributed by atoms with van der Waals surface area (Å²) in [5.74, 6) is -0.573. The summed E-state index contributed by atoms with van der Waals surface area (Å²) in [5, 5.41) is 4.08. The Bertz CT molecular complexity index is 880. The number of anilines is 1. The molecule has 3 nitrogen and oxygen atoms in total. The van der Waals surface area contributed by atoms with E-state index in [9.17, 15) is 9.18 Å². The Kier molecular flexibility index (Phi) is 3.37. The van der Waals surface area contributed by atoms with Gasteiger partial charge in [-0.05, 0) is 73.7 Å². The second-order valence-electron chi connectivity index (χ2n) is 6.01. The molecule has 3 aromatic rings. The van der Waals surface area contributed by atoms with Gasteiger partial charge in [0.2, 0.25) is 0 Å². The quantitative estimate of drug-likeness (QED) is 0.722. The van der Waals surface area contributed by atoms with Crippen molar-refractivity contribution in [2.24, 2.45) is 0 Å². The summed E-state index contributed by atoms with van der Waals surface area (Å²) in [4.78, 5) is 15.7. The maximum absolute atomic E-state index is 12.9. The third-order valence-corrected chi connectivity index (χ3v) is 4.46. The van der Waals surface area contributed by atoms with Gasteiger partial charge in [0.15, 0.2) is 0 Å². The van der Waals surface area contributed by atoms with Crippen molar-refractivity contribution in [3.05, 3.63) is 65.1 Å². The number of benzene rings is 2. The minimum absolute atomic E-state index is 0.228. The molecular formula is C19H17FN2O. The molecular weight excluding hydrogens is 291 g/mol. The molecule has 0 fully saturated rings. The summed E-state index contributed by atoms with van der Waals surface area (Å²) in [6.07, 6.45) is 4.63. The van der Waals surface area contributed by atoms with Gasteiger partial charge >= 0.3 is 0 Å². The van der Waals surface area contributed by atoms with Crippen LogP contribution in [0, 0.1) is 5.82 Å². The number of hydrogen-bond acceptors (Lipinski definition) is 1. The van der Waals surface area contributed by atoms with Gasteiger partial charge in [-0.2, -0.15) is 0 Å². The Morgan fingerprint density at radius 3 is 2.65 bits per heavy atom. The number of rotatable bonds is 2. The number of aromatic amines is 1. The van der Waals surface area contributed by atoms with Crippen molar-refractivity contribution < 1.29 is 9.18 Å². The van der Waals surface area contributed by atoms with Crippen LogP contribution in [0.3, 0.4) is 0 Å². The first-order valence-electron chi connectivity index (χ1n) is 7.91. The zero-order chi connectivity index (χ0) is 15.8. The van der Waals surface area contributed by atoms with Gasteiger partial charge in [-0.25, -0.2) is 4.39 Å². The Labute approximate surface area is 133 Å². The van der Waals surface area contributed by atoms with E-state index in [0.717, 1.165) is 24.0 Å². The zero-order valence-electron chi connectivity index (χ0n) is 12.7. The van der Waals surface area contributed by atoms with Gasteiger partial charge in [0, 0.05) is 27.8 Å². The van der Waals surface area contributed by atoms with E-state index in [1.165, 1.54) is 53.8 Å². The minimum Gasteiger partial charge on any atom is -0.358 e. The van der Waals surface area contributed by atoms with E-state index in [1.54, 1.807) is 0 Å². The third kappa shape index (κ3) is 2.61. The van der Waals surface area contributed by atoms with E-state index in [1.807, 2.05) is 18.2 Å². The number of amides is 1. The number of aryl methyl sites for hydroxylation is 2. The molecule has 23 heavy (non-hydrogen) atoms. The largest absolute Gasteiger partial charge is 0.358 e. The van der Waals surface area contributed by atoms with Crippen molar-refractivity contribution in [1.82, 2.24) is 4.98 Å². The van der Waals surface area contributed by atoms with Crippen LogP contribution in [0.4, 0.5) is 10.1 Å². The Hall–Kier alpha value is -2.62. The maximum atomic E-state index is 12.9. The van der Waals surface area contributed by atoms with Crippen LogP contribution in [-0.2, 0) is 12.8 Å². The summed E-state index contributed by atoms with van der Waals surface area (Å²) >= 11 is 0. The van der Waals surface area contributed by atoms with Crippen LogP contribution in [0.15, 0.2) is 42.5 Å². The summed E-state index contributed by atoms with van der Waals surface area (Å²) in [7, 11) is 0. The van der Waals surface area contributed by atoms with Crippen LogP contribution < -0.4 is 5.32 Å². The normalized spacial score (nSPS) is 13.8. The van der Waals surface area contributed by atoms with Crippen LogP contribution in [0.5, 0.6) is 0 Å². The summed E-state index contributed by atoms with van der Waals surface area (Å²) in [5.41, 5.74) is 5.04. The molecule has 0 unspecified atom stereocenters. The molecule has 116 valence electrons. The average Bonchev–Trinajstić information content (AvgIpc) is 2.93. The fourth-order valence-electron chi connectivity index (χ4n) is 3.29. The van der Waals surface area contributed by atoms with Crippen molar-refractivity contribution in [1.29, 1.82) is 0 Å². The predicted octanol–water partition coefficient (Wildman–Crippen LogP) is 4.44. The van der Waals surface area contributed by atoms with Gasteiger partial charge in [0.25, 0.3) is 5.91 Å². The van der Waals surface area contributed by atoms with Crippen molar-refractivity contribution in [3.8, 4) is 0 Å². The number of nitrogens with one attached hydrogen (secondary N) is 2. The molecule has 1 aromatic heterocycles. The average molecular weight is 308 g/mol. The minimum atomic E-state index is -0.345. The number of carbonyl (C=O) groups is 1. The predicted molar refractivity (Wildman–Crippen MR) is 89.3 cm³/mol. The first-order chi connectivity index (χ1) is 11.2. The van der Waals surface area contributed by atoms with Gasteiger partial charge in [0.05, 0.1) is 0 Å². The molecule has 0 radical (unpaired) electrons. The fraction of sp³-hybridized carbons (Fsp3) is 0.211. The fourth-order valence-corrected chi connectivity index (χ4v) is 3.29. The van der Waals surface area contributed by atoms with Crippen molar-refractivity contribution >= 4 is 22.5 Å². The Morgan fingerprint density at radius 1 is 1.04 bits per heavy atom. The van der Waals surface area contributed by atoms with E-state index in [-0.39, 0.29) is 11.7 Å². The van der Waals surface area contributed by atoms with E-state index >= 15 is 0 Å². The Balaban J connectivity index is 1.64. The first kappa shape index (κ1) is 14.0. The van der Waals surface area contributed by atoms with E-state index < -0.39 is 0 Å². The van der Waals surface area contributed by atoms with Crippen LogP contribution in [-0.4, -0.2) is 10.9 Å². The summed E-state index contributed by atoms with van der Waals surface area (Å²) in [6, 6.07) is 11.5. The lowest BCUT2D eigenvalue weighted by atomic mass is 9.95. The molecule has 1 aliphatic rings. The smallest absolute Gasteiger partial charge is 0.255 e. The zero-order valence-corrected chi connectivity index (χ0v) is 12.7. The van der Waals surface area contributed by atoms with Gasteiger partial charge in [-0.15, -0.1) is 0 Å². The van der Waals surface area contributed by atoms with Crippen molar-refractivity contribution in [3.63, 3.8) is 0 Å². The van der Waals surface area contributed by atoms with Crippen LogP contribution in [0.25, 0.3) is 10.9 Å². The molecule has 1 aliphatic carbocycles. The molecule has 1 amide bonds. The first-order valence-corrected chi connectivity index (χ1v) is 7.91. The lowest BCUT2D eigenvalue weighted by Gasteiger charge is -2.11. The van der Waals surface area contributed by atoms with E-state index in [4.69, 9.17) is 0 Å². The summed E-state index contributed by atoms with van der Waals surface area (Å²) < 4.78 is 12.9. The molecule has 0 saturated heterocycles. The molecule has 2 N–H and O–H groups in total. The van der Waals surface area contributed by atoms with Crippen LogP contribution in [0.2, 0.25) is 0 Å². The third-order valence-electron chi connectivity index (χ3n) is 4.46. The highest BCUT2D eigenvalue weighted by molar-refractivity contribution is 6.05. The number of halogens is 1. The highest BCUT2D eigenvalue weighted by atomic mass is 19.1. The molecule has 0 saturated carbocycles. The SMILES string of the molecule is O=C(Nc1ccc2[nH]c3c(c2c1)CCCC3)c1ccc(F)cc1. The second-order valence-corrected chi connectivity index (χ2v) is 6.01. The molecule has 2 aromatic carbocycles. The highest BCUT2D eigenvalue weighted by Crippen LogP contribution is 2.30. The van der Waals surface area contributed by atoms with Gasteiger partial charge in [0.1, 0.15) is 5.82 Å².